The quantitative estimate of drug-likeness (QED) is 0.796. The van der Waals surface area contributed by atoms with Crippen molar-refractivity contribution in [2.24, 2.45) is 0 Å². The average Bonchev–Trinajstić information content (AvgIpc) is 2.45. The number of esters is 1. The van der Waals surface area contributed by atoms with Crippen LogP contribution in [0.4, 0.5) is 0 Å². The Hall–Kier alpha value is -2.24. The SMILES string of the molecule is CCNC(=O)COC(=O)c1cc(OC)c(C)c(OC)c1. The van der Waals surface area contributed by atoms with Crippen LogP contribution in [-0.2, 0) is 9.53 Å². The minimum Gasteiger partial charge on any atom is -0.496 e. The number of amides is 1. The van der Waals surface area contributed by atoms with Gasteiger partial charge in [-0.1, -0.05) is 0 Å². The zero-order chi connectivity index (χ0) is 15.1. The van der Waals surface area contributed by atoms with Gasteiger partial charge >= 0.3 is 5.97 Å². The highest BCUT2D eigenvalue weighted by atomic mass is 16.5. The number of nitrogens with one attached hydrogen (secondary N) is 1. The van der Waals surface area contributed by atoms with E-state index in [1.54, 1.807) is 19.1 Å². The molecule has 1 aromatic rings. The lowest BCUT2D eigenvalue weighted by molar-refractivity contribution is -0.124. The second-order valence-electron chi connectivity index (χ2n) is 4.04. The van der Waals surface area contributed by atoms with Crippen LogP contribution in [0, 0.1) is 6.92 Å². The lowest BCUT2D eigenvalue weighted by Crippen LogP contribution is -2.28. The van der Waals surface area contributed by atoms with Gasteiger partial charge in [0.2, 0.25) is 0 Å². The third-order valence-corrected chi connectivity index (χ3v) is 2.70. The molecule has 1 aromatic carbocycles. The first-order valence-electron chi connectivity index (χ1n) is 6.19. The molecule has 0 aliphatic carbocycles. The van der Waals surface area contributed by atoms with E-state index in [1.165, 1.54) is 14.2 Å². The minimum atomic E-state index is -0.604. The van der Waals surface area contributed by atoms with Gasteiger partial charge in [0.25, 0.3) is 5.91 Å². The zero-order valence-electron chi connectivity index (χ0n) is 12.1. The number of carbonyl (C=O) groups excluding carboxylic acids is 2. The van der Waals surface area contributed by atoms with Crippen molar-refractivity contribution >= 4 is 11.9 Å². The normalized spacial score (nSPS) is 9.80. The topological polar surface area (TPSA) is 73.9 Å². The van der Waals surface area contributed by atoms with Crippen molar-refractivity contribution in [2.45, 2.75) is 13.8 Å². The Morgan fingerprint density at radius 2 is 1.70 bits per heavy atom. The van der Waals surface area contributed by atoms with E-state index < -0.39 is 5.97 Å². The van der Waals surface area contributed by atoms with Crippen molar-refractivity contribution < 1.29 is 23.8 Å². The molecule has 0 radical (unpaired) electrons. The summed E-state index contributed by atoms with van der Waals surface area (Å²) in [7, 11) is 3.01. The number of hydrogen-bond acceptors (Lipinski definition) is 5. The maximum atomic E-state index is 11.9. The first kappa shape index (κ1) is 15.8. The number of benzene rings is 1. The Bertz CT molecular complexity index is 473. The molecule has 0 aliphatic heterocycles. The smallest absolute Gasteiger partial charge is 0.338 e. The molecule has 0 unspecified atom stereocenters. The van der Waals surface area contributed by atoms with Gasteiger partial charge in [0, 0.05) is 12.1 Å². The summed E-state index contributed by atoms with van der Waals surface area (Å²) in [6.07, 6.45) is 0. The van der Waals surface area contributed by atoms with Crippen LogP contribution in [-0.4, -0.2) is 39.2 Å². The monoisotopic (exact) mass is 281 g/mol. The fourth-order valence-electron chi connectivity index (χ4n) is 1.67. The lowest BCUT2D eigenvalue weighted by atomic mass is 10.1. The molecule has 0 fully saturated rings. The van der Waals surface area contributed by atoms with E-state index in [-0.39, 0.29) is 18.1 Å². The predicted octanol–water partition coefficient (Wildman–Crippen LogP) is 1.31. The van der Waals surface area contributed by atoms with E-state index in [2.05, 4.69) is 5.32 Å². The Balaban J connectivity index is 2.85. The molecular formula is C14H19NO5. The van der Waals surface area contributed by atoms with E-state index in [0.29, 0.717) is 18.0 Å². The molecule has 1 N–H and O–H groups in total. The molecule has 1 rings (SSSR count). The maximum Gasteiger partial charge on any atom is 0.338 e. The van der Waals surface area contributed by atoms with E-state index in [0.717, 1.165) is 5.56 Å². The summed E-state index contributed by atoms with van der Waals surface area (Å²) in [6.45, 7) is 3.78. The van der Waals surface area contributed by atoms with Crippen LogP contribution in [0.5, 0.6) is 11.5 Å². The molecule has 0 bridgehead atoms. The Kier molecular flexibility index (Phi) is 5.83. The molecule has 0 saturated heterocycles. The first-order valence-corrected chi connectivity index (χ1v) is 6.19. The third-order valence-electron chi connectivity index (χ3n) is 2.70. The number of hydrogen-bond donors (Lipinski definition) is 1. The Morgan fingerprint density at radius 3 is 2.15 bits per heavy atom. The van der Waals surface area contributed by atoms with Crippen molar-refractivity contribution in [3.05, 3.63) is 23.3 Å². The molecule has 6 heteroatoms. The Labute approximate surface area is 118 Å². The summed E-state index contributed by atoms with van der Waals surface area (Å²) in [4.78, 5) is 23.1. The van der Waals surface area contributed by atoms with Crippen LogP contribution < -0.4 is 14.8 Å². The number of rotatable bonds is 6. The number of likely N-dealkylation sites (N-methyl/N-ethyl adjacent to an activating group) is 1. The third kappa shape index (κ3) is 3.88. The van der Waals surface area contributed by atoms with E-state index in [1.807, 2.05) is 6.92 Å². The Morgan fingerprint density at radius 1 is 1.15 bits per heavy atom. The molecule has 20 heavy (non-hydrogen) atoms. The summed E-state index contributed by atoms with van der Waals surface area (Å²) in [5, 5.41) is 2.54. The number of ether oxygens (including phenoxy) is 3. The molecular weight excluding hydrogens is 262 g/mol. The molecule has 0 heterocycles. The zero-order valence-corrected chi connectivity index (χ0v) is 12.1. The lowest BCUT2D eigenvalue weighted by Gasteiger charge is -2.12. The van der Waals surface area contributed by atoms with Crippen molar-refractivity contribution in [3.63, 3.8) is 0 Å². The maximum absolute atomic E-state index is 11.9. The highest BCUT2D eigenvalue weighted by Crippen LogP contribution is 2.29. The highest BCUT2D eigenvalue weighted by Gasteiger charge is 2.15. The second kappa shape index (κ2) is 7.37. The number of methoxy groups -OCH3 is 2. The molecule has 0 aliphatic rings. The molecule has 110 valence electrons. The van der Waals surface area contributed by atoms with Gasteiger partial charge in [-0.05, 0) is 26.0 Å². The van der Waals surface area contributed by atoms with Gasteiger partial charge in [-0.15, -0.1) is 0 Å². The van der Waals surface area contributed by atoms with E-state index >= 15 is 0 Å². The summed E-state index contributed by atoms with van der Waals surface area (Å²) >= 11 is 0. The average molecular weight is 281 g/mol. The molecule has 0 saturated carbocycles. The van der Waals surface area contributed by atoms with Crippen LogP contribution in [0.3, 0.4) is 0 Å². The van der Waals surface area contributed by atoms with E-state index in [4.69, 9.17) is 14.2 Å². The van der Waals surface area contributed by atoms with Crippen LogP contribution in [0.15, 0.2) is 12.1 Å². The summed E-state index contributed by atoms with van der Waals surface area (Å²) < 4.78 is 15.3. The van der Waals surface area contributed by atoms with Gasteiger partial charge in [0.15, 0.2) is 6.61 Å². The number of carbonyl (C=O) groups is 2. The molecule has 0 aromatic heterocycles. The minimum absolute atomic E-state index is 0.272. The van der Waals surface area contributed by atoms with Crippen molar-refractivity contribution in [3.8, 4) is 11.5 Å². The largest absolute Gasteiger partial charge is 0.496 e. The second-order valence-corrected chi connectivity index (χ2v) is 4.04. The van der Waals surface area contributed by atoms with Gasteiger partial charge in [-0.2, -0.15) is 0 Å². The van der Waals surface area contributed by atoms with Gasteiger partial charge in [0.05, 0.1) is 19.8 Å². The summed E-state index contributed by atoms with van der Waals surface area (Å²) in [5.74, 6) is 0.100. The van der Waals surface area contributed by atoms with Gasteiger partial charge in [0.1, 0.15) is 11.5 Å². The van der Waals surface area contributed by atoms with Crippen LogP contribution in [0.1, 0.15) is 22.8 Å². The van der Waals surface area contributed by atoms with Crippen LogP contribution in [0.25, 0.3) is 0 Å². The highest BCUT2D eigenvalue weighted by molar-refractivity contribution is 5.92. The molecule has 6 nitrogen and oxygen atoms in total. The standard InChI is InChI=1S/C14H19NO5/c1-5-15-13(16)8-20-14(17)10-6-11(18-3)9(2)12(7-10)19-4/h6-7H,5,8H2,1-4H3,(H,15,16). The first-order chi connectivity index (χ1) is 9.53. The fourth-order valence-corrected chi connectivity index (χ4v) is 1.67. The van der Waals surface area contributed by atoms with Crippen LogP contribution in [0.2, 0.25) is 0 Å². The molecule has 1 amide bonds. The van der Waals surface area contributed by atoms with Crippen molar-refractivity contribution in [1.29, 1.82) is 0 Å². The van der Waals surface area contributed by atoms with Crippen LogP contribution >= 0.6 is 0 Å². The van der Waals surface area contributed by atoms with E-state index in [9.17, 15) is 9.59 Å². The molecule has 0 atom stereocenters. The van der Waals surface area contributed by atoms with Gasteiger partial charge in [-0.25, -0.2) is 4.79 Å². The van der Waals surface area contributed by atoms with Crippen molar-refractivity contribution in [1.82, 2.24) is 5.32 Å². The van der Waals surface area contributed by atoms with Gasteiger partial charge < -0.3 is 19.5 Å². The summed E-state index contributed by atoms with van der Waals surface area (Å²) in [5.41, 5.74) is 1.06. The fraction of sp³-hybridized carbons (Fsp3) is 0.429. The molecule has 0 spiro atoms. The van der Waals surface area contributed by atoms with Crippen molar-refractivity contribution in [2.75, 3.05) is 27.4 Å². The van der Waals surface area contributed by atoms with Gasteiger partial charge in [-0.3, -0.25) is 4.79 Å². The summed E-state index contributed by atoms with van der Waals surface area (Å²) in [6, 6.07) is 3.11. The predicted molar refractivity (Wildman–Crippen MR) is 73.2 cm³/mol.